The molecule has 156 valence electrons. The number of sulfonamides is 1. The Morgan fingerprint density at radius 2 is 1.79 bits per heavy atom. The first-order valence-electron chi connectivity index (χ1n) is 9.26. The highest BCUT2D eigenvalue weighted by Gasteiger charge is 2.29. The largest absolute Gasteiger partial charge is 0.497 e. The molecule has 0 spiro atoms. The molecular weight excluding hydrogens is 397 g/mol. The van der Waals surface area contributed by atoms with Crippen molar-refractivity contribution >= 4 is 15.9 Å². The molecule has 0 radical (unpaired) electrons. The smallest absolute Gasteiger partial charge is 0.243 e. The highest BCUT2D eigenvalue weighted by atomic mass is 32.2. The first kappa shape index (κ1) is 21.2. The van der Waals surface area contributed by atoms with Crippen molar-refractivity contribution in [1.29, 1.82) is 0 Å². The van der Waals surface area contributed by atoms with Gasteiger partial charge in [-0.25, -0.2) is 12.8 Å². The normalized spacial score (nSPS) is 15.8. The van der Waals surface area contributed by atoms with Crippen LogP contribution in [0.1, 0.15) is 5.56 Å². The van der Waals surface area contributed by atoms with Crippen molar-refractivity contribution in [2.24, 2.45) is 0 Å². The fourth-order valence-corrected chi connectivity index (χ4v) is 4.55. The molecule has 0 bridgehead atoms. The molecule has 0 aromatic heterocycles. The Balaban J connectivity index is 1.47. The topological polar surface area (TPSA) is 79.0 Å². The zero-order valence-electron chi connectivity index (χ0n) is 16.2. The van der Waals surface area contributed by atoms with Crippen molar-refractivity contribution < 1.29 is 22.3 Å². The van der Waals surface area contributed by atoms with Crippen LogP contribution in [0, 0.1) is 5.82 Å². The predicted molar refractivity (Wildman–Crippen MR) is 106 cm³/mol. The minimum atomic E-state index is -3.66. The summed E-state index contributed by atoms with van der Waals surface area (Å²) in [6.07, 6.45) is 0. The quantitative estimate of drug-likeness (QED) is 0.732. The molecule has 2 aromatic carbocycles. The highest BCUT2D eigenvalue weighted by molar-refractivity contribution is 7.89. The number of benzene rings is 2. The van der Waals surface area contributed by atoms with Gasteiger partial charge < -0.3 is 10.1 Å². The molecule has 7 nitrogen and oxygen atoms in total. The first-order chi connectivity index (χ1) is 13.9. The molecule has 9 heteroatoms. The Hall–Kier alpha value is -2.49. The van der Waals surface area contributed by atoms with E-state index in [4.69, 9.17) is 4.74 Å². The summed E-state index contributed by atoms with van der Waals surface area (Å²) in [5, 5.41) is 2.87. The summed E-state index contributed by atoms with van der Waals surface area (Å²) >= 11 is 0. The number of hydrogen-bond acceptors (Lipinski definition) is 5. The third-order valence-electron chi connectivity index (χ3n) is 4.77. The van der Waals surface area contributed by atoms with Crippen LogP contribution in [0.4, 0.5) is 4.39 Å². The fraction of sp³-hybridized carbons (Fsp3) is 0.350. The van der Waals surface area contributed by atoms with Gasteiger partial charge in [-0.15, -0.1) is 0 Å². The number of methoxy groups -OCH3 is 1. The molecule has 1 aliphatic rings. The van der Waals surface area contributed by atoms with Crippen LogP contribution in [0.25, 0.3) is 0 Å². The monoisotopic (exact) mass is 421 g/mol. The maximum atomic E-state index is 13.0. The molecule has 1 fully saturated rings. The summed E-state index contributed by atoms with van der Waals surface area (Å²) in [6, 6.07) is 12.3. The second-order valence-electron chi connectivity index (χ2n) is 6.76. The van der Waals surface area contributed by atoms with Crippen molar-refractivity contribution in [3.63, 3.8) is 0 Å². The SMILES string of the molecule is COc1cccc(CNC(=O)CN2CCN(S(=O)(=O)c3ccc(F)cc3)CC2)c1. The van der Waals surface area contributed by atoms with Crippen LogP contribution in [0.3, 0.4) is 0 Å². The van der Waals surface area contributed by atoms with E-state index >= 15 is 0 Å². The number of halogens is 1. The Bertz CT molecular complexity index is 942. The number of hydrogen-bond donors (Lipinski definition) is 1. The van der Waals surface area contributed by atoms with E-state index in [0.29, 0.717) is 19.6 Å². The Kier molecular flexibility index (Phi) is 6.83. The summed E-state index contributed by atoms with van der Waals surface area (Å²) in [7, 11) is -2.07. The molecule has 0 unspecified atom stereocenters. The number of nitrogens with zero attached hydrogens (tertiary/aromatic N) is 2. The van der Waals surface area contributed by atoms with Gasteiger partial charge in [0.05, 0.1) is 18.6 Å². The van der Waals surface area contributed by atoms with Crippen LogP contribution < -0.4 is 10.1 Å². The van der Waals surface area contributed by atoms with E-state index in [9.17, 15) is 17.6 Å². The molecule has 1 heterocycles. The van der Waals surface area contributed by atoms with Gasteiger partial charge in [-0.05, 0) is 42.0 Å². The zero-order chi connectivity index (χ0) is 20.9. The van der Waals surface area contributed by atoms with E-state index in [2.05, 4.69) is 5.32 Å². The van der Waals surface area contributed by atoms with Crippen molar-refractivity contribution in [2.45, 2.75) is 11.4 Å². The standard InChI is InChI=1S/C20H24FN3O4S/c1-28-18-4-2-3-16(13-18)14-22-20(25)15-23-9-11-24(12-10-23)29(26,27)19-7-5-17(21)6-8-19/h2-8,13H,9-12,14-15H2,1H3,(H,22,25). The average Bonchev–Trinajstić information content (AvgIpc) is 2.73. The van der Waals surface area contributed by atoms with Gasteiger partial charge in [-0.2, -0.15) is 4.31 Å². The Labute approximate surface area is 170 Å². The van der Waals surface area contributed by atoms with Gasteiger partial charge in [0.15, 0.2) is 0 Å². The number of carbonyl (C=O) groups is 1. The lowest BCUT2D eigenvalue weighted by Gasteiger charge is -2.33. The first-order valence-corrected chi connectivity index (χ1v) is 10.7. The van der Waals surface area contributed by atoms with Crippen molar-refractivity contribution in [1.82, 2.24) is 14.5 Å². The summed E-state index contributed by atoms with van der Waals surface area (Å²) in [5.74, 6) is 0.131. The number of piperazine rings is 1. The number of amides is 1. The summed E-state index contributed by atoms with van der Waals surface area (Å²) < 4.78 is 44.8. The summed E-state index contributed by atoms with van der Waals surface area (Å²) in [5.41, 5.74) is 0.938. The maximum Gasteiger partial charge on any atom is 0.243 e. The molecule has 1 N–H and O–H groups in total. The molecule has 0 saturated carbocycles. The van der Waals surface area contributed by atoms with Gasteiger partial charge in [0.1, 0.15) is 11.6 Å². The molecule has 1 aliphatic heterocycles. The predicted octanol–water partition coefficient (Wildman–Crippen LogP) is 1.46. The summed E-state index contributed by atoms with van der Waals surface area (Å²) in [4.78, 5) is 14.2. The number of ether oxygens (including phenoxy) is 1. The van der Waals surface area contributed by atoms with Crippen LogP contribution in [-0.4, -0.2) is 63.4 Å². The lowest BCUT2D eigenvalue weighted by atomic mass is 10.2. The van der Waals surface area contributed by atoms with Gasteiger partial charge >= 0.3 is 0 Å². The minimum Gasteiger partial charge on any atom is -0.497 e. The molecule has 1 amide bonds. The number of rotatable bonds is 7. The zero-order valence-corrected chi connectivity index (χ0v) is 17.0. The fourth-order valence-electron chi connectivity index (χ4n) is 3.13. The number of carbonyl (C=O) groups excluding carboxylic acids is 1. The highest BCUT2D eigenvalue weighted by Crippen LogP contribution is 2.18. The lowest BCUT2D eigenvalue weighted by molar-refractivity contribution is -0.122. The molecule has 0 atom stereocenters. The van der Waals surface area contributed by atoms with Gasteiger partial charge in [0.25, 0.3) is 0 Å². The third kappa shape index (κ3) is 5.53. The third-order valence-corrected chi connectivity index (χ3v) is 6.69. The maximum absolute atomic E-state index is 13.0. The van der Waals surface area contributed by atoms with Crippen LogP contribution in [0.15, 0.2) is 53.4 Å². The molecular formula is C20H24FN3O4S. The lowest BCUT2D eigenvalue weighted by Crippen LogP contribution is -2.50. The van der Waals surface area contributed by atoms with Crippen LogP contribution >= 0.6 is 0 Å². The average molecular weight is 421 g/mol. The van der Waals surface area contributed by atoms with Crippen molar-refractivity contribution in [3.05, 3.63) is 59.9 Å². The van der Waals surface area contributed by atoms with Crippen LogP contribution in [0.5, 0.6) is 5.75 Å². The molecule has 1 saturated heterocycles. The van der Waals surface area contributed by atoms with E-state index in [1.807, 2.05) is 29.2 Å². The second-order valence-corrected chi connectivity index (χ2v) is 8.70. The van der Waals surface area contributed by atoms with Crippen LogP contribution in [0.2, 0.25) is 0 Å². The van der Waals surface area contributed by atoms with Crippen molar-refractivity contribution in [3.8, 4) is 5.75 Å². The van der Waals surface area contributed by atoms with Gasteiger partial charge in [-0.3, -0.25) is 9.69 Å². The van der Waals surface area contributed by atoms with E-state index in [0.717, 1.165) is 23.4 Å². The van der Waals surface area contributed by atoms with E-state index in [1.54, 1.807) is 7.11 Å². The summed E-state index contributed by atoms with van der Waals surface area (Å²) in [6.45, 7) is 2.06. The number of nitrogens with one attached hydrogen (secondary N) is 1. The van der Waals surface area contributed by atoms with Crippen LogP contribution in [-0.2, 0) is 21.4 Å². The Morgan fingerprint density at radius 3 is 2.45 bits per heavy atom. The molecule has 2 aromatic rings. The van der Waals surface area contributed by atoms with Crippen molar-refractivity contribution in [2.75, 3.05) is 39.8 Å². The molecule has 0 aliphatic carbocycles. The molecule has 3 rings (SSSR count). The minimum absolute atomic E-state index is 0.0726. The van der Waals surface area contributed by atoms with Gasteiger partial charge in [0, 0.05) is 32.7 Å². The van der Waals surface area contributed by atoms with E-state index in [1.165, 1.54) is 16.4 Å². The Morgan fingerprint density at radius 1 is 1.10 bits per heavy atom. The van der Waals surface area contributed by atoms with Gasteiger partial charge in [-0.1, -0.05) is 12.1 Å². The van der Waals surface area contributed by atoms with E-state index < -0.39 is 15.8 Å². The van der Waals surface area contributed by atoms with Gasteiger partial charge in [0.2, 0.25) is 15.9 Å². The molecule has 29 heavy (non-hydrogen) atoms. The van der Waals surface area contributed by atoms with E-state index in [-0.39, 0.29) is 30.4 Å². The second kappa shape index (κ2) is 9.34.